The van der Waals surface area contributed by atoms with Crippen LogP contribution in [0, 0.1) is 0 Å². The Labute approximate surface area is 184 Å². The van der Waals surface area contributed by atoms with Crippen molar-refractivity contribution in [2.45, 2.75) is 25.3 Å². The number of amides is 1. The lowest BCUT2D eigenvalue weighted by molar-refractivity contribution is 0.0688. The molecule has 13 nitrogen and oxygen atoms in total. The summed E-state index contributed by atoms with van der Waals surface area (Å²) < 4.78 is 5.65. The number of imidazole rings is 1. The van der Waals surface area contributed by atoms with E-state index in [1.807, 2.05) is 12.1 Å². The molecule has 0 saturated carbocycles. The third-order valence-corrected chi connectivity index (χ3v) is 5.57. The SMILES string of the molecule is Nc1nc(N)n2c(C(=O)O)cc(C(=O)NC3CCCc4cc(-c5noc(=O)[nH]5)ccc43)nc12. The molecular formula is C20H18N8O5. The van der Waals surface area contributed by atoms with Crippen LogP contribution in [0.2, 0.25) is 0 Å². The molecule has 1 aliphatic carbocycles. The predicted octanol–water partition coefficient (Wildman–Crippen LogP) is 0.743. The number of fused-ring (bicyclic) bond motifs is 2. The average molecular weight is 450 g/mol. The summed E-state index contributed by atoms with van der Waals surface area (Å²) >= 11 is 0. The van der Waals surface area contributed by atoms with E-state index in [1.165, 1.54) is 0 Å². The monoisotopic (exact) mass is 450 g/mol. The number of nitrogen functional groups attached to an aromatic ring is 2. The number of rotatable bonds is 4. The minimum absolute atomic E-state index is 0.00663. The van der Waals surface area contributed by atoms with Gasteiger partial charge in [0, 0.05) is 11.6 Å². The van der Waals surface area contributed by atoms with Gasteiger partial charge in [-0.15, -0.1) is 0 Å². The lowest BCUT2D eigenvalue weighted by atomic mass is 9.86. The number of aryl methyl sites for hydroxylation is 1. The molecule has 0 radical (unpaired) electrons. The van der Waals surface area contributed by atoms with Crippen LogP contribution in [0.15, 0.2) is 33.6 Å². The van der Waals surface area contributed by atoms with Gasteiger partial charge in [0.25, 0.3) is 5.91 Å². The highest BCUT2D eigenvalue weighted by Crippen LogP contribution is 2.32. The number of aromatic amines is 1. The largest absolute Gasteiger partial charge is 0.477 e. The fourth-order valence-corrected chi connectivity index (χ4v) is 4.10. The van der Waals surface area contributed by atoms with Crippen molar-refractivity contribution in [2.24, 2.45) is 0 Å². The van der Waals surface area contributed by atoms with E-state index in [2.05, 4.69) is 29.9 Å². The normalized spacial score (nSPS) is 15.3. The van der Waals surface area contributed by atoms with Gasteiger partial charge >= 0.3 is 11.7 Å². The van der Waals surface area contributed by atoms with Gasteiger partial charge in [0.1, 0.15) is 11.4 Å². The fraction of sp³-hybridized carbons (Fsp3) is 0.200. The van der Waals surface area contributed by atoms with Crippen LogP contribution in [0.1, 0.15) is 51.0 Å². The highest BCUT2D eigenvalue weighted by Gasteiger charge is 2.26. The number of anilines is 2. The molecule has 0 saturated heterocycles. The fourth-order valence-electron chi connectivity index (χ4n) is 4.10. The molecule has 1 unspecified atom stereocenters. The third-order valence-electron chi connectivity index (χ3n) is 5.57. The minimum atomic E-state index is -1.30. The number of carboxylic acids is 1. The number of carboxylic acid groups (broad SMARTS) is 1. The Kier molecular flexibility index (Phi) is 4.58. The minimum Gasteiger partial charge on any atom is -0.477 e. The highest BCUT2D eigenvalue weighted by atomic mass is 16.5. The number of nitrogens with one attached hydrogen (secondary N) is 2. The second kappa shape index (κ2) is 7.47. The Hall–Kier alpha value is -4.68. The molecule has 33 heavy (non-hydrogen) atoms. The average Bonchev–Trinajstić information content (AvgIpc) is 3.35. The summed E-state index contributed by atoms with van der Waals surface area (Å²) in [6.07, 6.45) is 2.29. The number of H-pyrrole nitrogens is 1. The van der Waals surface area contributed by atoms with Gasteiger partial charge in [0.05, 0.1) is 6.04 Å². The molecule has 3 aromatic heterocycles. The predicted molar refractivity (Wildman–Crippen MR) is 114 cm³/mol. The summed E-state index contributed by atoms with van der Waals surface area (Å²) in [5, 5.41) is 16.2. The van der Waals surface area contributed by atoms with Crippen LogP contribution in [0.3, 0.4) is 0 Å². The zero-order valence-electron chi connectivity index (χ0n) is 17.0. The summed E-state index contributed by atoms with van der Waals surface area (Å²) in [6, 6.07) is 6.35. The molecule has 0 spiro atoms. The van der Waals surface area contributed by atoms with Crippen molar-refractivity contribution in [1.29, 1.82) is 0 Å². The maximum atomic E-state index is 13.0. The number of benzene rings is 1. The van der Waals surface area contributed by atoms with E-state index in [0.29, 0.717) is 17.8 Å². The van der Waals surface area contributed by atoms with Crippen LogP contribution < -0.4 is 22.5 Å². The summed E-state index contributed by atoms with van der Waals surface area (Å²) in [5.41, 5.74) is 13.7. The van der Waals surface area contributed by atoms with Crippen LogP contribution in [-0.2, 0) is 6.42 Å². The molecule has 5 rings (SSSR count). The zero-order chi connectivity index (χ0) is 23.3. The molecule has 13 heteroatoms. The Bertz CT molecular complexity index is 1480. The summed E-state index contributed by atoms with van der Waals surface area (Å²) in [7, 11) is 0. The van der Waals surface area contributed by atoms with E-state index in [1.54, 1.807) is 6.07 Å². The number of hydrogen-bond donors (Lipinski definition) is 5. The van der Waals surface area contributed by atoms with Gasteiger partial charge in [0.15, 0.2) is 17.3 Å². The van der Waals surface area contributed by atoms with Crippen LogP contribution in [0.25, 0.3) is 17.0 Å². The number of aromatic nitrogens is 5. The van der Waals surface area contributed by atoms with Crippen molar-refractivity contribution in [3.05, 3.63) is 57.3 Å². The summed E-state index contributed by atoms with van der Waals surface area (Å²) in [5.74, 6) is -2.39. The Balaban J connectivity index is 1.47. The Morgan fingerprint density at radius 1 is 1.24 bits per heavy atom. The third kappa shape index (κ3) is 3.44. The van der Waals surface area contributed by atoms with Crippen molar-refractivity contribution in [2.75, 3.05) is 11.5 Å². The molecule has 0 aliphatic heterocycles. The quantitative estimate of drug-likeness (QED) is 0.294. The van der Waals surface area contributed by atoms with E-state index in [4.69, 9.17) is 11.5 Å². The first-order valence-electron chi connectivity index (χ1n) is 9.99. The maximum Gasteiger partial charge on any atom is 0.439 e. The molecule has 1 amide bonds. The molecule has 168 valence electrons. The molecule has 4 aromatic rings. The number of carbonyl (C=O) groups excluding carboxylic acids is 1. The number of nitrogens with zero attached hydrogens (tertiary/aromatic N) is 4. The van der Waals surface area contributed by atoms with Gasteiger partial charge in [-0.1, -0.05) is 17.3 Å². The van der Waals surface area contributed by atoms with Gasteiger partial charge in [-0.05, 0) is 36.5 Å². The first kappa shape index (κ1) is 20.2. The van der Waals surface area contributed by atoms with Gasteiger partial charge in [-0.3, -0.25) is 18.7 Å². The maximum absolute atomic E-state index is 13.0. The first-order valence-corrected chi connectivity index (χ1v) is 9.99. The molecular weight excluding hydrogens is 432 g/mol. The molecule has 1 aromatic carbocycles. The van der Waals surface area contributed by atoms with Gasteiger partial charge in [-0.2, -0.15) is 4.98 Å². The Morgan fingerprint density at radius 3 is 2.79 bits per heavy atom. The van der Waals surface area contributed by atoms with Gasteiger partial charge in [-0.25, -0.2) is 14.6 Å². The van der Waals surface area contributed by atoms with Crippen LogP contribution in [0.4, 0.5) is 11.8 Å². The first-order chi connectivity index (χ1) is 15.8. The smallest absolute Gasteiger partial charge is 0.439 e. The molecule has 3 heterocycles. The van der Waals surface area contributed by atoms with Crippen molar-refractivity contribution in [3.63, 3.8) is 0 Å². The summed E-state index contributed by atoms with van der Waals surface area (Å²) in [4.78, 5) is 46.5. The molecule has 1 atom stereocenters. The van der Waals surface area contributed by atoms with Crippen LogP contribution in [0.5, 0.6) is 0 Å². The summed E-state index contributed by atoms with van der Waals surface area (Å²) in [6.45, 7) is 0. The molecule has 1 aliphatic rings. The van der Waals surface area contributed by atoms with E-state index in [-0.39, 0.29) is 34.8 Å². The second-order valence-corrected chi connectivity index (χ2v) is 7.62. The molecule has 7 N–H and O–H groups in total. The zero-order valence-corrected chi connectivity index (χ0v) is 17.0. The number of aromatic carboxylic acids is 1. The van der Waals surface area contributed by atoms with Crippen molar-refractivity contribution in [1.82, 2.24) is 29.8 Å². The number of hydrogen-bond acceptors (Lipinski definition) is 9. The topological polar surface area (TPSA) is 208 Å². The van der Waals surface area contributed by atoms with E-state index in [0.717, 1.165) is 34.4 Å². The number of nitrogens with two attached hydrogens (primary N) is 2. The van der Waals surface area contributed by atoms with Crippen molar-refractivity contribution < 1.29 is 19.2 Å². The standard InChI is InChI=1S/C20H18N8O5/c21-14-16-23-12(7-13(18(30)31)28(16)19(22)25-14)17(29)24-11-3-1-2-8-6-9(4-5-10(8)11)15-26-20(32)33-27-15/h4-7,11H,1-3,21H2,(H2,22,25)(H,24,29)(H,30,31)(H,26,27,32). The van der Waals surface area contributed by atoms with Crippen molar-refractivity contribution in [3.8, 4) is 11.4 Å². The van der Waals surface area contributed by atoms with Crippen LogP contribution in [-0.4, -0.2) is 41.5 Å². The van der Waals surface area contributed by atoms with E-state index >= 15 is 0 Å². The lowest BCUT2D eigenvalue weighted by Crippen LogP contribution is -2.32. The van der Waals surface area contributed by atoms with Crippen molar-refractivity contribution >= 4 is 29.3 Å². The second-order valence-electron chi connectivity index (χ2n) is 7.62. The number of carbonyl (C=O) groups is 2. The highest BCUT2D eigenvalue weighted by molar-refractivity contribution is 5.97. The van der Waals surface area contributed by atoms with Gasteiger partial charge in [0.2, 0.25) is 5.95 Å². The van der Waals surface area contributed by atoms with Gasteiger partial charge < -0.3 is 21.9 Å². The van der Waals surface area contributed by atoms with E-state index in [9.17, 15) is 19.5 Å². The van der Waals surface area contributed by atoms with E-state index < -0.39 is 17.6 Å². The lowest BCUT2D eigenvalue weighted by Gasteiger charge is -2.26. The molecule has 0 fully saturated rings. The van der Waals surface area contributed by atoms with Crippen LogP contribution >= 0.6 is 0 Å². The molecule has 0 bridgehead atoms. The Morgan fingerprint density at radius 2 is 2.06 bits per heavy atom.